The maximum absolute atomic E-state index is 13.0. The summed E-state index contributed by atoms with van der Waals surface area (Å²) in [5.74, 6) is -0.921. The van der Waals surface area contributed by atoms with Gasteiger partial charge in [0, 0.05) is 19.3 Å². The maximum Gasteiger partial charge on any atom is 0.306 e. The summed E-state index contributed by atoms with van der Waals surface area (Å²) in [6.07, 6.45) is 98.9. The average Bonchev–Trinajstić information content (AvgIpc) is 3.49. The molecule has 6 nitrogen and oxygen atoms in total. The lowest BCUT2D eigenvalue weighted by Crippen LogP contribution is -2.30. The summed E-state index contributed by atoms with van der Waals surface area (Å²) in [6.45, 7) is 6.49. The van der Waals surface area contributed by atoms with Crippen LogP contribution in [-0.4, -0.2) is 37.2 Å². The summed E-state index contributed by atoms with van der Waals surface area (Å²) in [4.78, 5) is 38.4. The molecule has 0 saturated heterocycles. The molecule has 0 N–H and O–H groups in total. The molecule has 0 spiro atoms. The van der Waals surface area contributed by atoms with E-state index in [2.05, 4.69) is 154 Å². The van der Waals surface area contributed by atoms with E-state index in [0.29, 0.717) is 19.3 Å². The van der Waals surface area contributed by atoms with Gasteiger partial charge in [0.15, 0.2) is 6.10 Å². The molecule has 472 valence electrons. The Hall–Kier alpha value is -4.45. The Morgan fingerprint density at radius 2 is 0.470 bits per heavy atom. The van der Waals surface area contributed by atoms with Gasteiger partial charge in [-0.25, -0.2) is 0 Å². The van der Waals surface area contributed by atoms with Crippen LogP contribution < -0.4 is 0 Å². The molecule has 0 aromatic heterocycles. The van der Waals surface area contributed by atoms with Crippen molar-refractivity contribution < 1.29 is 28.6 Å². The van der Waals surface area contributed by atoms with Crippen molar-refractivity contribution in [1.29, 1.82) is 0 Å². The Labute approximate surface area is 513 Å². The smallest absolute Gasteiger partial charge is 0.306 e. The van der Waals surface area contributed by atoms with E-state index in [1.165, 1.54) is 141 Å². The molecule has 0 rings (SSSR count). The fraction of sp³-hybridized carbons (Fsp3) is 0.675. The molecular formula is C77H128O6. The standard InChI is InChI=1S/C77H128O6/c1-4-7-10-13-16-19-22-25-28-31-33-34-35-36-37-38-39-40-41-42-44-46-49-52-55-58-61-64-67-70-76(79)82-73-74(72-81-75(78)69-66-63-60-57-54-51-48-45-30-27-24-21-18-15-12-9-6-3)83-77(80)71-68-65-62-59-56-53-50-47-43-32-29-26-23-20-17-14-11-8-5-2/h7,10,16,18-19,21,25-30,33-34,36-37,39-40,42,44,49,52,74H,4-6,8-9,11-15,17,20,22-24,31-32,35,38,41,43,45-48,50-51,53-73H2,1-3H3/b10-7-,19-16-,21-18-,28-25-,29-26-,30-27-,34-33-,37-36-,40-39-,44-42-,52-49-. The lowest BCUT2D eigenvalue weighted by molar-refractivity contribution is -0.167. The number of rotatable bonds is 62. The maximum atomic E-state index is 13.0. The second kappa shape index (κ2) is 70.0. The Kier molecular flexibility index (Phi) is 66.3. The van der Waals surface area contributed by atoms with E-state index < -0.39 is 6.10 Å². The number of esters is 3. The largest absolute Gasteiger partial charge is 0.462 e. The monoisotopic (exact) mass is 1150 g/mol. The van der Waals surface area contributed by atoms with Crippen molar-refractivity contribution in [2.24, 2.45) is 0 Å². The van der Waals surface area contributed by atoms with Crippen LogP contribution in [0.15, 0.2) is 134 Å². The highest BCUT2D eigenvalue weighted by atomic mass is 16.6. The number of allylic oxidation sites excluding steroid dienone is 22. The molecule has 0 saturated carbocycles. The molecule has 0 amide bonds. The molecule has 0 aliphatic carbocycles. The molecule has 0 aromatic carbocycles. The average molecular weight is 1150 g/mol. The zero-order valence-corrected chi connectivity index (χ0v) is 54.2. The fourth-order valence-electron chi connectivity index (χ4n) is 9.43. The van der Waals surface area contributed by atoms with E-state index in [9.17, 15) is 14.4 Å². The molecule has 0 radical (unpaired) electrons. The zero-order valence-electron chi connectivity index (χ0n) is 54.2. The van der Waals surface area contributed by atoms with Crippen LogP contribution in [0.5, 0.6) is 0 Å². The van der Waals surface area contributed by atoms with Gasteiger partial charge >= 0.3 is 17.9 Å². The van der Waals surface area contributed by atoms with Gasteiger partial charge in [-0.05, 0) is 141 Å². The summed E-state index contributed by atoms with van der Waals surface area (Å²) >= 11 is 0. The van der Waals surface area contributed by atoms with Gasteiger partial charge in [0.1, 0.15) is 13.2 Å². The minimum atomic E-state index is -0.800. The van der Waals surface area contributed by atoms with Crippen LogP contribution in [0.4, 0.5) is 0 Å². The quantitative estimate of drug-likeness (QED) is 0.0261. The van der Waals surface area contributed by atoms with Crippen molar-refractivity contribution in [1.82, 2.24) is 0 Å². The lowest BCUT2D eigenvalue weighted by atomic mass is 10.1. The second-order valence-electron chi connectivity index (χ2n) is 22.7. The van der Waals surface area contributed by atoms with E-state index in [1.807, 2.05) is 0 Å². The molecule has 0 aliphatic rings. The number of carbonyl (C=O) groups excluding carboxylic acids is 3. The van der Waals surface area contributed by atoms with Crippen molar-refractivity contribution in [2.75, 3.05) is 13.2 Å². The van der Waals surface area contributed by atoms with Gasteiger partial charge in [0.05, 0.1) is 0 Å². The van der Waals surface area contributed by atoms with Crippen LogP contribution in [0.1, 0.15) is 316 Å². The number of hydrogen-bond donors (Lipinski definition) is 0. The van der Waals surface area contributed by atoms with Gasteiger partial charge in [-0.2, -0.15) is 0 Å². The van der Waals surface area contributed by atoms with Crippen LogP contribution >= 0.6 is 0 Å². The number of ether oxygens (including phenoxy) is 3. The highest BCUT2D eigenvalue weighted by Crippen LogP contribution is 2.16. The van der Waals surface area contributed by atoms with Crippen molar-refractivity contribution in [3.05, 3.63) is 134 Å². The molecule has 83 heavy (non-hydrogen) atoms. The topological polar surface area (TPSA) is 78.9 Å². The Morgan fingerprint density at radius 1 is 0.253 bits per heavy atom. The van der Waals surface area contributed by atoms with E-state index in [1.54, 1.807) is 0 Å². The van der Waals surface area contributed by atoms with Crippen LogP contribution in [0.25, 0.3) is 0 Å². The van der Waals surface area contributed by atoms with Crippen LogP contribution in [-0.2, 0) is 28.6 Å². The molecule has 0 aromatic rings. The minimum Gasteiger partial charge on any atom is -0.462 e. The highest BCUT2D eigenvalue weighted by Gasteiger charge is 2.19. The first-order valence-corrected chi connectivity index (χ1v) is 34.7. The second-order valence-corrected chi connectivity index (χ2v) is 22.7. The third-order valence-corrected chi connectivity index (χ3v) is 14.6. The van der Waals surface area contributed by atoms with Gasteiger partial charge in [0.2, 0.25) is 0 Å². The van der Waals surface area contributed by atoms with Gasteiger partial charge in [-0.15, -0.1) is 0 Å². The SMILES string of the molecule is CC/C=C\C/C=C\C/C=C\C/C=C\C/C=C\C/C=C\C/C=C\C/C=C\CCCCCCC(=O)OCC(COC(=O)CCCCCCCCC/C=C\C/C=C\CCCCC)OC(=O)CCCCCCCCCCC/C=C\CCCCCCCC. The zero-order chi connectivity index (χ0) is 59.9. The van der Waals surface area contributed by atoms with Crippen LogP contribution in [0.3, 0.4) is 0 Å². The highest BCUT2D eigenvalue weighted by molar-refractivity contribution is 5.71. The van der Waals surface area contributed by atoms with E-state index in [-0.39, 0.29) is 31.1 Å². The number of unbranched alkanes of at least 4 members (excludes halogenated alkanes) is 29. The number of hydrogen-bond acceptors (Lipinski definition) is 6. The van der Waals surface area contributed by atoms with Crippen molar-refractivity contribution in [2.45, 2.75) is 322 Å². The van der Waals surface area contributed by atoms with E-state index >= 15 is 0 Å². The predicted molar refractivity (Wildman–Crippen MR) is 362 cm³/mol. The van der Waals surface area contributed by atoms with Gasteiger partial charge in [0.25, 0.3) is 0 Å². The predicted octanol–water partition coefficient (Wildman–Crippen LogP) is 24.1. The molecule has 1 atom stereocenters. The van der Waals surface area contributed by atoms with E-state index in [4.69, 9.17) is 14.2 Å². The van der Waals surface area contributed by atoms with Crippen molar-refractivity contribution >= 4 is 17.9 Å². The first kappa shape index (κ1) is 78.5. The number of carbonyl (C=O) groups is 3. The third-order valence-electron chi connectivity index (χ3n) is 14.6. The Morgan fingerprint density at radius 3 is 0.771 bits per heavy atom. The van der Waals surface area contributed by atoms with Gasteiger partial charge < -0.3 is 14.2 Å². The normalized spacial score (nSPS) is 13.0. The van der Waals surface area contributed by atoms with Gasteiger partial charge in [-0.1, -0.05) is 289 Å². The van der Waals surface area contributed by atoms with Crippen LogP contribution in [0.2, 0.25) is 0 Å². The van der Waals surface area contributed by atoms with E-state index in [0.717, 1.165) is 135 Å². The van der Waals surface area contributed by atoms with Crippen molar-refractivity contribution in [3.8, 4) is 0 Å². The summed E-state index contributed by atoms with van der Waals surface area (Å²) in [5, 5.41) is 0. The molecule has 0 heterocycles. The van der Waals surface area contributed by atoms with Gasteiger partial charge in [-0.3, -0.25) is 14.4 Å². The summed E-state index contributed by atoms with van der Waals surface area (Å²) in [5.41, 5.74) is 0. The van der Waals surface area contributed by atoms with Crippen molar-refractivity contribution in [3.63, 3.8) is 0 Å². The summed E-state index contributed by atoms with van der Waals surface area (Å²) in [6, 6.07) is 0. The minimum absolute atomic E-state index is 0.0934. The molecular weight excluding hydrogens is 1020 g/mol. The Bertz CT molecular complexity index is 1750. The third kappa shape index (κ3) is 68.2. The summed E-state index contributed by atoms with van der Waals surface area (Å²) in [7, 11) is 0. The molecule has 0 aliphatic heterocycles. The molecule has 6 heteroatoms. The first-order valence-electron chi connectivity index (χ1n) is 34.7. The Balaban J connectivity index is 4.43. The lowest BCUT2D eigenvalue weighted by Gasteiger charge is -2.18. The molecule has 0 fully saturated rings. The first-order chi connectivity index (χ1) is 41.0. The summed E-state index contributed by atoms with van der Waals surface area (Å²) < 4.78 is 17.0. The fourth-order valence-corrected chi connectivity index (χ4v) is 9.43. The molecule has 0 bridgehead atoms. The van der Waals surface area contributed by atoms with Crippen LogP contribution in [0, 0.1) is 0 Å². The molecule has 1 unspecified atom stereocenters.